The van der Waals surface area contributed by atoms with Crippen molar-refractivity contribution in [1.82, 2.24) is 9.97 Å². The molecule has 1 aliphatic rings. The SMILES string of the molecule is CCc1c(NC)ncnc1NCC1(O)CCC(C)CC1. The van der Waals surface area contributed by atoms with Crippen molar-refractivity contribution in [3.05, 3.63) is 11.9 Å². The van der Waals surface area contributed by atoms with Gasteiger partial charge in [-0.2, -0.15) is 0 Å². The minimum atomic E-state index is -0.595. The van der Waals surface area contributed by atoms with Crippen molar-refractivity contribution in [3.63, 3.8) is 0 Å². The van der Waals surface area contributed by atoms with Gasteiger partial charge in [0.1, 0.15) is 18.0 Å². The molecule has 20 heavy (non-hydrogen) atoms. The summed E-state index contributed by atoms with van der Waals surface area (Å²) in [5.74, 6) is 2.42. The molecule has 0 radical (unpaired) electrons. The number of anilines is 2. The third-order valence-electron chi connectivity index (χ3n) is 4.33. The first kappa shape index (κ1) is 15.0. The van der Waals surface area contributed by atoms with Crippen molar-refractivity contribution in [2.75, 3.05) is 24.2 Å². The van der Waals surface area contributed by atoms with Crippen LogP contribution in [0.5, 0.6) is 0 Å². The first-order valence-corrected chi connectivity index (χ1v) is 7.56. The third-order valence-corrected chi connectivity index (χ3v) is 4.33. The smallest absolute Gasteiger partial charge is 0.134 e. The van der Waals surface area contributed by atoms with E-state index in [1.807, 2.05) is 7.05 Å². The highest BCUT2D eigenvalue weighted by atomic mass is 16.3. The lowest BCUT2D eigenvalue weighted by atomic mass is 9.79. The molecule has 1 heterocycles. The summed E-state index contributed by atoms with van der Waals surface area (Å²) in [5.41, 5.74) is 0.477. The molecule has 0 atom stereocenters. The van der Waals surface area contributed by atoms with Gasteiger partial charge in [-0.3, -0.25) is 0 Å². The molecule has 1 aliphatic carbocycles. The van der Waals surface area contributed by atoms with Gasteiger partial charge in [-0.05, 0) is 38.0 Å². The fourth-order valence-electron chi connectivity index (χ4n) is 2.84. The molecule has 112 valence electrons. The Hall–Kier alpha value is -1.36. The summed E-state index contributed by atoms with van der Waals surface area (Å²) in [4.78, 5) is 8.54. The number of hydrogen-bond donors (Lipinski definition) is 3. The van der Waals surface area contributed by atoms with E-state index < -0.39 is 5.60 Å². The van der Waals surface area contributed by atoms with E-state index in [4.69, 9.17) is 0 Å². The van der Waals surface area contributed by atoms with E-state index in [1.54, 1.807) is 6.33 Å². The van der Waals surface area contributed by atoms with E-state index in [0.29, 0.717) is 6.54 Å². The van der Waals surface area contributed by atoms with E-state index in [2.05, 4.69) is 34.4 Å². The molecule has 0 amide bonds. The number of nitrogens with zero attached hydrogens (tertiary/aromatic N) is 2. The second kappa shape index (κ2) is 6.39. The molecule has 5 heteroatoms. The predicted octanol–water partition coefficient (Wildman–Crippen LogP) is 2.43. The fourth-order valence-corrected chi connectivity index (χ4v) is 2.84. The molecule has 3 N–H and O–H groups in total. The van der Waals surface area contributed by atoms with Gasteiger partial charge < -0.3 is 15.7 Å². The molecule has 0 spiro atoms. The Morgan fingerprint density at radius 2 is 1.95 bits per heavy atom. The van der Waals surface area contributed by atoms with Crippen LogP contribution in [0.3, 0.4) is 0 Å². The summed E-state index contributed by atoms with van der Waals surface area (Å²) >= 11 is 0. The maximum Gasteiger partial charge on any atom is 0.134 e. The van der Waals surface area contributed by atoms with Crippen molar-refractivity contribution in [3.8, 4) is 0 Å². The second-order valence-corrected chi connectivity index (χ2v) is 5.91. The number of rotatable bonds is 5. The van der Waals surface area contributed by atoms with Crippen molar-refractivity contribution in [2.24, 2.45) is 5.92 Å². The minimum Gasteiger partial charge on any atom is -0.388 e. The first-order chi connectivity index (χ1) is 9.58. The van der Waals surface area contributed by atoms with Crippen LogP contribution >= 0.6 is 0 Å². The van der Waals surface area contributed by atoms with Gasteiger partial charge in [0.2, 0.25) is 0 Å². The molecule has 0 saturated heterocycles. The molecule has 0 bridgehead atoms. The van der Waals surface area contributed by atoms with Gasteiger partial charge in [0.05, 0.1) is 5.60 Å². The molecular formula is C15H26N4O. The van der Waals surface area contributed by atoms with Gasteiger partial charge in [0, 0.05) is 19.2 Å². The fraction of sp³-hybridized carbons (Fsp3) is 0.733. The molecule has 1 fully saturated rings. The number of aliphatic hydroxyl groups is 1. The van der Waals surface area contributed by atoms with Crippen LogP contribution < -0.4 is 10.6 Å². The van der Waals surface area contributed by atoms with Gasteiger partial charge in [-0.25, -0.2) is 9.97 Å². The minimum absolute atomic E-state index is 0.562. The van der Waals surface area contributed by atoms with Crippen molar-refractivity contribution in [2.45, 2.75) is 51.6 Å². The van der Waals surface area contributed by atoms with E-state index >= 15 is 0 Å². The van der Waals surface area contributed by atoms with E-state index in [1.165, 1.54) is 0 Å². The lowest BCUT2D eigenvalue weighted by molar-refractivity contribution is 0.00493. The van der Waals surface area contributed by atoms with Gasteiger partial charge in [-0.15, -0.1) is 0 Å². The number of aromatic nitrogens is 2. The predicted molar refractivity (Wildman–Crippen MR) is 82.0 cm³/mol. The maximum atomic E-state index is 10.6. The van der Waals surface area contributed by atoms with Crippen LogP contribution in [0.15, 0.2) is 6.33 Å². The van der Waals surface area contributed by atoms with Gasteiger partial charge in [0.15, 0.2) is 0 Å². The average Bonchev–Trinajstić information content (AvgIpc) is 2.48. The quantitative estimate of drug-likeness (QED) is 0.771. The van der Waals surface area contributed by atoms with Crippen LogP contribution in [-0.2, 0) is 6.42 Å². The van der Waals surface area contributed by atoms with Crippen molar-refractivity contribution >= 4 is 11.6 Å². The first-order valence-electron chi connectivity index (χ1n) is 7.56. The zero-order valence-electron chi connectivity index (χ0n) is 12.7. The van der Waals surface area contributed by atoms with Crippen LogP contribution in [0.1, 0.15) is 45.1 Å². The van der Waals surface area contributed by atoms with Crippen molar-refractivity contribution in [1.29, 1.82) is 0 Å². The Morgan fingerprint density at radius 3 is 2.55 bits per heavy atom. The van der Waals surface area contributed by atoms with E-state index in [9.17, 15) is 5.11 Å². The normalized spacial score (nSPS) is 26.3. The van der Waals surface area contributed by atoms with Crippen LogP contribution in [0.25, 0.3) is 0 Å². The van der Waals surface area contributed by atoms with E-state index in [0.717, 1.165) is 55.2 Å². The molecule has 5 nitrogen and oxygen atoms in total. The van der Waals surface area contributed by atoms with Gasteiger partial charge >= 0.3 is 0 Å². The second-order valence-electron chi connectivity index (χ2n) is 5.91. The Balaban J connectivity index is 2.03. The summed E-state index contributed by atoms with van der Waals surface area (Å²) in [7, 11) is 1.86. The van der Waals surface area contributed by atoms with Crippen molar-refractivity contribution < 1.29 is 5.11 Å². The zero-order chi connectivity index (χ0) is 14.6. The van der Waals surface area contributed by atoms with Crippen LogP contribution in [0.2, 0.25) is 0 Å². The lowest BCUT2D eigenvalue weighted by Gasteiger charge is -2.35. The monoisotopic (exact) mass is 278 g/mol. The largest absolute Gasteiger partial charge is 0.388 e. The standard InChI is InChI=1S/C15H26N4O/c1-4-12-13(16-3)18-10-19-14(12)17-9-15(20)7-5-11(2)6-8-15/h10-11,20H,4-9H2,1-3H3,(H2,16,17,18,19). The number of nitrogens with one attached hydrogen (secondary N) is 2. The molecule has 0 aliphatic heterocycles. The topological polar surface area (TPSA) is 70.1 Å². The Bertz CT molecular complexity index is 441. The van der Waals surface area contributed by atoms with Crippen LogP contribution in [0.4, 0.5) is 11.6 Å². The lowest BCUT2D eigenvalue weighted by Crippen LogP contribution is -2.40. The average molecular weight is 278 g/mol. The Kier molecular flexibility index (Phi) is 4.81. The Labute approximate surface area is 121 Å². The summed E-state index contributed by atoms with van der Waals surface area (Å²) in [6.45, 7) is 4.90. The Morgan fingerprint density at radius 1 is 1.30 bits per heavy atom. The molecule has 2 rings (SSSR count). The van der Waals surface area contributed by atoms with Gasteiger partial charge in [-0.1, -0.05) is 13.8 Å². The third kappa shape index (κ3) is 3.39. The number of hydrogen-bond acceptors (Lipinski definition) is 5. The van der Waals surface area contributed by atoms with Crippen LogP contribution in [0, 0.1) is 5.92 Å². The summed E-state index contributed by atoms with van der Waals surface area (Å²) in [5, 5.41) is 17.0. The molecule has 0 unspecified atom stereocenters. The molecule has 1 aromatic heterocycles. The van der Waals surface area contributed by atoms with Crippen LogP contribution in [-0.4, -0.2) is 34.3 Å². The molecule has 0 aromatic carbocycles. The summed E-state index contributed by atoms with van der Waals surface area (Å²) in [6.07, 6.45) is 6.35. The maximum absolute atomic E-state index is 10.6. The molecule has 1 aromatic rings. The highest BCUT2D eigenvalue weighted by molar-refractivity contribution is 5.57. The van der Waals surface area contributed by atoms with E-state index in [-0.39, 0.29) is 0 Å². The summed E-state index contributed by atoms with van der Waals surface area (Å²) < 4.78 is 0. The highest BCUT2D eigenvalue weighted by Crippen LogP contribution is 2.32. The van der Waals surface area contributed by atoms with Gasteiger partial charge in [0.25, 0.3) is 0 Å². The zero-order valence-corrected chi connectivity index (χ0v) is 12.7. The molecular weight excluding hydrogens is 252 g/mol. The molecule has 1 saturated carbocycles. The summed E-state index contributed by atoms with van der Waals surface area (Å²) in [6, 6.07) is 0. The highest BCUT2D eigenvalue weighted by Gasteiger charge is 2.31.